The SMILES string of the molecule is Cc1ccccc1C(=O)NNC(=O)c1ncccc1C(F)(F)F. The van der Waals surface area contributed by atoms with Crippen LogP contribution in [0.1, 0.15) is 32.0 Å². The van der Waals surface area contributed by atoms with E-state index in [9.17, 15) is 22.8 Å². The van der Waals surface area contributed by atoms with E-state index in [-0.39, 0.29) is 0 Å². The number of halogens is 3. The Morgan fingerprint density at radius 1 is 1.00 bits per heavy atom. The van der Waals surface area contributed by atoms with Crippen LogP contribution in [0, 0.1) is 6.92 Å². The van der Waals surface area contributed by atoms with Crippen LogP contribution < -0.4 is 10.9 Å². The van der Waals surface area contributed by atoms with Crippen LogP contribution in [0.2, 0.25) is 0 Å². The lowest BCUT2D eigenvalue weighted by Gasteiger charge is -2.12. The van der Waals surface area contributed by atoms with Gasteiger partial charge in [0.15, 0.2) is 0 Å². The summed E-state index contributed by atoms with van der Waals surface area (Å²) >= 11 is 0. The van der Waals surface area contributed by atoms with Crippen molar-refractivity contribution in [2.75, 3.05) is 0 Å². The number of carbonyl (C=O) groups excluding carboxylic acids is 2. The minimum Gasteiger partial charge on any atom is -0.267 e. The average molecular weight is 323 g/mol. The third-order valence-corrected chi connectivity index (χ3v) is 3.01. The highest BCUT2D eigenvalue weighted by Gasteiger charge is 2.36. The molecule has 2 N–H and O–H groups in total. The van der Waals surface area contributed by atoms with Crippen LogP contribution in [0.4, 0.5) is 13.2 Å². The molecule has 120 valence electrons. The van der Waals surface area contributed by atoms with Crippen LogP contribution in [0.3, 0.4) is 0 Å². The molecule has 0 radical (unpaired) electrons. The summed E-state index contributed by atoms with van der Waals surface area (Å²) < 4.78 is 38.5. The predicted octanol–water partition coefficient (Wildman–Crippen LogP) is 2.48. The second kappa shape index (κ2) is 6.47. The molecule has 0 bridgehead atoms. The van der Waals surface area contributed by atoms with Crippen molar-refractivity contribution in [3.8, 4) is 0 Å². The molecule has 0 saturated heterocycles. The number of aromatic nitrogens is 1. The van der Waals surface area contributed by atoms with Crippen LogP contribution in [0.5, 0.6) is 0 Å². The first-order valence-electron chi connectivity index (χ1n) is 6.49. The van der Waals surface area contributed by atoms with Gasteiger partial charge in [0, 0.05) is 11.8 Å². The second-order valence-electron chi connectivity index (χ2n) is 4.62. The molecule has 0 aliphatic rings. The third kappa shape index (κ3) is 3.85. The fraction of sp³-hybridized carbons (Fsp3) is 0.133. The van der Waals surface area contributed by atoms with Crippen molar-refractivity contribution in [3.05, 3.63) is 65.0 Å². The third-order valence-electron chi connectivity index (χ3n) is 3.01. The van der Waals surface area contributed by atoms with Crippen LogP contribution in [0.15, 0.2) is 42.6 Å². The highest BCUT2D eigenvalue weighted by atomic mass is 19.4. The van der Waals surface area contributed by atoms with Crippen molar-refractivity contribution in [2.24, 2.45) is 0 Å². The standard InChI is InChI=1S/C15H12F3N3O2/c1-9-5-2-3-6-10(9)13(22)20-21-14(23)12-11(15(16,17)18)7-4-8-19-12/h2-8H,1H3,(H,20,22)(H,21,23). The first-order chi connectivity index (χ1) is 10.8. The largest absolute Gasteiger partial charge is 0.418 e. The summed E-state index contributed by atoms with van der Waals surface area (Å²) in [5, 5.41) is 0. The van der Waals surface area contributed by atoms with Crippen LogP contribution in [-0.2, 0) is 6.18 Å². The number of alkyl halides is 3. The molecule has 1 aromatic heterocycles. The zero-order valence-electron chi connectivity index (χ0n) is 11.9. The number of amides is 2. The number of carbonyl (C=O) groups is 2. The van der Waals surface area contributed by atoms with Crippen molar-refractivity contribution in [1.29, 1.82) is 0 Å². The molecule has 2 aromatic rings. The fourth-order valence-corrected chi connectivity index (χ4v) is 1.88. The Balaban J connectivity index is 2.12. The Bertz CT molecular complexity index is 745. The molecule has 8 heteroatoms. The van der Waals surface area contributed by atoms with Crippen LogP contribution >= 0.6 is 0 Å². The van der Waals surface area contributed by atoms with Crippen molar-refractivity contribution in [3.63, 3.8) is 0 Å². The van der Waals surface area contributed by atoms with Crippen molar-refractivity contribution >= 4 is 11.8 Å². The molecule has 1 heterocycles. The summed E-state index contributed by atoms with van der Waals surface area (Å²) in [6, 6.07) is 8.39. The molecule has 0 atom stereocenters. The van der Waals surface area contributed by atoms with E-state index in [2.05, 4.69) is 10.4 Å². The Hall–Kier alpha value is -2.90. The summed E-state index contributed by atoms with van der Waals surface area (Å²) in [5.41, 5.74) is 2.97. The highest BCUT2D eigenvalue weighted by molar-refractivity contribution is 5.99. The van der Waals surface area contributed by atoms with Crippen LogP contribution in [-0.4, -0.2) is 16.8 Å². The first kappa shape index (κ1) is 16.5. The maximum atomic E-state index is 12.8. The van der Waals surface area contributed by atoms with Gasteiger partial charge in [-0.15, -0.1) is 0 Å². The van der Waals surface area contributed by atoms with E-state index < -0.39 is 29.2 Å². The summed E-state index contributed by atoms with van der Waals surface area (Å²) in [6.45, 7) is 1.69. The maximum absolute atomic E-state index is 12.8. The van der Waals surface area contributed by atoms with E-state index in [0.29, 0.717) is 11.1 Å². The zero-order valence-corrected chi connectivity index (χ0v) is 11.9. The maximum Gasteiger partial charge on any atom is 0.418 e. The summed E-state index contributed by atoms with van der Waals surface area (Å²) in [7, 11) is 0. The molecule has 23 heavy (non-hydrogen) atoms. The number of hydrogen-bond acceptors (Lipinski definition) is 3. The molecular formula is C15H12F3N3O2. The van der Waals surface area contributed by atoms with Gasteiger partial charge in [0.05, 0.1) is 5.56 Å². The van der Waals surface area contributed by atoms with Gasteiger partial charge in [0.2, 0.25) is 0 Å². The highest BCUT2D eigenvalue weighted by Crippen LogP contribution is 2.30. The molecule has 0 aliphatic heterocycles. The smallest absolute Gasteiger partial charge is 0.267 e. The van der Waals surface area contributed by atoms with Crippen molar-refractivity contribution in [1.82, 2.24) is 15.8 Å². The fourth-order valence-electron chi connectivity index (χ4n) is 1.88. The summed E-state index contributed by atoms with van der Waals surface area (Å²) in [6.07, 6.45) is -3.66. The predicted molar refractivity (Wildman–Crippen MR) is 75.4 cm³/mol. The van der Waals surface area contributed by atoms with E-state index in [0.717, 1.165) is 18.3 Å². The number of rotatable bonds is 2. The lowest BCUT2D eigenvalue weighted by atomic mass is 10.1. The molecule has 0 fully saturated rings. The van der Waals surface area contributed by atoms with Gasteiger partial charge in [0.1, 0.15) is 5.69 Å². The Labute approximate surface area is 129 Å². The van der Waals surface area contributed by atoms with E-state index in [1.54, 1.807) is 25.1 Å². The number of nitrogens with one attached hydrogen (secondary N) is 2. The Morgan fingerprint density at radius 3 is 2.30 bits per heavy atom. The zero-order chi connectivity index (χ0) is 17.0. The molecule has 2 amide bonds. The number of aryl methyl sites for hydroxylation is 1. The van der Waals surface area contributed by atoms with Gasteiger partial charge in [0.25, 0.3) is 11.8 Å². The van der Waals surface area contributed by atoms with E-state index in [1.807, 2.05) is 5.43 Å². The normalized spacial score (nSPS) is 11.0. The van der Waals surface area contributed by atoms with Gasteiger partial charge in [-0.05, 0) is 30.7 Å². The van der Waals surface area contributed by atoms with Gasteiger partial charge >= 0.3 is 6.18 Å². The number of nitrogens with zero attached hydrogens (tertiary/aromatic N) is 1. The van der Waals surface area contributed by atoms with Gasteiger partial charge in [-0.3, -0.25) is 25.4 Å². The molecule has 0 spiro atoms. The topological polar surface area (TPSA) is 71.1 Å². The van der Waals surface area contributed by atoms with Crippen LogP contribution in [0.25, 0.3) is 0 Å². The monoisotopic (exact) mass is 323 g/mol. The quantitative estimate of drug-likeness (QED) is 0.834. The number of pyridine rings is 1. The summed E-state index contributed by atoms with van der Waals surface area (Å²) in [4.78, 5) is 27.2. The van der Waals surface area contributed by atoms with Gasteiger partial charge in [-0.2, -0.15) is 13.2 Å². The van der Waals surface area contributed by atoms with Crippen molar-refractivity contribution in [2.45, 2.75) is 13.1 Å². The van der Waals surface area contributed by atoms with E-state index in [4.69, 9.17) is 0 Å². The lowest BCUT2D eigenvalue weighted by molar-refractivity contribution is -0.138. The molecule has 0 unspecified atom stereocenters. The number of benzene rings is 1. The molecule has 0 saturated carbocycles. The average Bonchev–Trinajstić information content (AvgIpc) is 2.52. The lowest BCUT2D eigenvalue weighted by Crippen LogP contribution is -2.42. The van der Waals surface area contributed by atoms with E-state index >= 15 is 0 Å². The van der Waals surface area contributed by atoms with E-state index in [1.165, 1.54) is 6.07 Å². The van der Waals surface area contributed by atoms with Gasteiger partial charge in [-0.1, -0.05) is 18.2 Å². The Kier molecular flexibility index (Phi) is 4.63. The number of hydrazine groups is 1. The molecule has 1 aromatic carbocycles. The van der Waals surface area contributed by atoms with Gasteiger partial charge in [-0.25, -0.2) is 0 Å². The minimum absolute atomic E-state index is 0.296. The first-order valence-corrected chi connectivity index (χ1v) is 6.49. The number of hydrogen-bond donors (Lipinski definition) is 2. The minimum atomic E-state index is -4.72. The van der Waals surface area contributed by atoms with Crippen molar-refractivity contribution < 1.29 is 22.8 Å². The van der Waals surface area contributed by atoms with Gasteiger partial charge < -0.3 is 0 Å². The molecular weight excluding hydrogens is 311 g/mol. The molecule has 2 rings (SSSR count). The second-order valence-corrected chi connectivity index (χ2v) is 4.62. The molecule has 0 aliphatic carbocycles. The molecule has 5 nitrogen and oxygen atoms in total. The Morgan fingerprint density at radius 2 is 1.65 bits per heavy atom. The summed E-state index contributed by atoms with van der Waals surface area (Å²) in [5.74, 6) is -1.79.